The van der Waals surface area contributed by atoms with E-state index in [2.05, 4.69) is 30.6 Å². The second kappa shape index (κ2) is 8.83. The van der Waals surface area contributed by atoms with Crippen molar-refractivity contribution in [2.24, 2.45) is 0 Å². The van der Waals surface area contributed by atoms with Gasteiger partial charge in [-0.1, -0.05) is 0 Å². The molecule has 2 aromatic heterocycles. The van der Waals surface area contributed by atoms with Gasteiger partial charge in [0.15, 0.2) is 5.82 Å². The lowest BCUT2D eigenvalue weighted by molar-refractivity contribution is -0.140. The molecule has 1 fully saturated rings. The van der Waals surface area contributed by atoms with Crippen molar-refractivity contribution in [2.45, 2.75) is 19.3 Å². The van der Waals surface area contributed by atoms with Gasteiger partial charge in [0.05, 0.1) is 35.5 Å². The molecule has 0 aromatic carbocycles. The van der Waals surface area contributed by atoms with Crippen LogP contribution in [0.25, 0.3) is 10.2 Å². The van der Waals surface area contributed by atoms with Crippen molar-refractivity contribution in [2.75, 3.05) is 56.8 Å². The minimum atomic E-state index is -0.158. The summed E-state index contributed by atoms with van der Waals surface area (Å²) < 4.78 is 11.2. The van der Waals surface area contributed by atoms with Crippen molar-refractivity contribution in [1.82, 2.24) is 9.97 Å². The second-order valence-electron chi connectivity index (χ2n) is 6.17. The highest BCUT2D eigenvalue weighted by Crippen LogP contribution is 2.37. The minimum absolute atomic E-state index is 0.158. The number of hydrogen-bond donors (Lipinski definition) is 0. The van der Waals surface area contributed by atoms with Crippen LogP contribution in [-0.2, 0) is 14.3 Å². The van der Waals surface area contributed by atoms with Crippen molar-refractivity contribution in [3.05, 3.63) is 11.3 Å². The highest BCUT2D eigenvalue weighted by Gasteiger charge is 2.20. The fourth-order valence-electron chi connectivity index (χ4n) is 2.88. The van der Waals surface area contributed by atoms with E-state index >= 15 is 0 Å². The molecule has 7 nitrogen and oxygen atoms in total. The number of thiophene rings is 1. The lowest BCUT2D eigenvalue weighted by Crippen LogP contribution is -2.36. The standard InChI is InChI=1S/C17H23ClN4O3S/c1-21(6-4-3-5-14(23)24-2)13-11-12-15(26-13)16(20-17(18)19-12)22-7-9-25-10-8-22/h11H,3-10H2,1-2H3. The maximum atomic E-state index is 11.2. The average molecular weight is 399 g/mol. The molecular formula is C17H23ClN4O3S. The Morgan fingerprint density at radius 1 is 1.38 bits per heavy atom. The Hall–Kier alpha value is -1.64. The summed E-state index contributed by atoms with van der Waals surface area (Å²) in [5.74, 6) is 0.730. The number of methoxy groups -OCH3 is 1. The molecule has 2 aromatic rings. The van der Waals surface area contributed by atoms with Crippen LogP contribution in [0.2, 0.25) is 5.28 Å². The Bertz CT molecular complexity index is 764. The summed E-state index contributed by atoms with van der Waals surface area (Å²) in [4.78, 5) is 24.4. The third-order valence-electron chi connectivity index (χ3n) is 4.35. The fraction of sp³-hybridized carbons (Fsp3) is 0.588. The van der Waals surface area contributed by atoms with Crippen molar-refractivity contribution >= 4 is 49.9 Å². The number of nitrogens with zero attached hydrogens (tertiary/aromatic N) is 4. The first kappa shape index (κ1) is 19.1. The number of anilines is 2. The van der Waals surface area contributed by atoms with Crippen LogP contribution in [0, 0.1) is 0 Å². The van der Waals surface area contributed by atoms with E-state index in [9.17, 15) is 4.79 Å². The van der Waals surface area contributed by atoms with E-state index < -0.39 is 0 Å². The van der Waals surface area contributed by atoms with Crippen LogP contribution < -0.4 is 9.80 Å². The molecule has 0 radical (unpaired) electrons. The first-order valence-corrected chi connectivity index (χ1v) is 9.85. The zero-order chi connectivity index (χ0) is 18.5. The van der Waals surface area contributed by atoms with Crippen molar-refractivity contribution in [3.63, 3.8) is 0 Å². The van der Waals surface area contributed by atoms with Gasteiger partial charge < -0.3 is 19.3 Å². The van der Waals surface area contributed by atoms with Gasteiger partial charge >= 0.3 is 5.97 Å². The summed E-state index contributed by atoms with van der Waals surface area (Å²) in [5.41, 5.74) is 0.868. The molecule has 0 bridgehead atoms. The third kappa shape index (κ3) is 4.55. The maximum Gasteiger partial charge on any atom is 0.305 e. The average Bonchev–Trinajstić information content (AvgIpc) is 3.08. The topological polar surface area (TPSA) is 67.8 Å². The van der Waals surface area contributed by atoms with Gasteiger partial charge in [0.1, 0.15) is 0 Å². The molecule has 1 aliphatic heterocycles. The summed E-state index contributed by atoms with van der Waals surface area (Å²) in [6, 6.07) is 2.05. The Labute approximate surface area is 161 Å². The van der Waals surface area contributed by atoms with E-state index in [-0.39, 0.29) is 11.3 Å². The molecule has 1 saturated heterocycles. The predicted molar refractivity (Wildman–Crippen MR) is 105 cm³/mol. The summed E-state index contributed by atoms with van der Waals surface area (Å²) in [6.07, 6.45) is 2.19. The second-order valence-corrected chi connectivity index (χ2v) is 7.54. The van der Waals surface area contributed by atoms with E-state index in [0.29, 0.717) is 19.6 Å². The summed E-state index contributed by atoms with van der Waals surface area (Å²) in [5, 5.41) is 1.38. The number of rotatable bonds is 7. The maximum absolute atomic E-state index is 11.2. The molecule has 0 atom stereocenters. The number of carbonyl (C=O) groups excluding carboxylic acids is 1. The van der Waals surface area contributed by atoms with Gasteiger partial charge in [-0.2, -0.15) is 4.98 Å². The lowest BCUT2D eigenvalue weighted by Gasteiger charge is -2.28. The number of ether oxygens (including phenoxy) is 2. The van der Waals surface area contributed by atoms with E-state index in [1.807, 2.05) is 7.05 Å². The Morgan fingerprint density at radius 3 is 2.88 bits per heavy atom. The van der Waals surface area contributed by atoms with Gasteiger partial charge in [0, 0.05) is 33.1 Å². The zero-order valence-electron chi connectivity index (χ0n) is 15.0. The molecule has 0 saturated carbocycles. The molecule has 3 rings (SSSR count). The minimum Gasteiger partial charge on any atom is -0.469 e. The molecule has 0 spiro atoms. The van der Waals surface area contributed by atoms with Gasteiger partial charge in [-0.25, -0.2) is 4.98 Å². The third-order valence-corrected chi connectivity index (χ3v) is 5.76. The molecule has 0 amide bonds. The monoisotopic (exact) mass is 398 g/mol. The predicted octanol–water partition coefficient (Wildman–Crippen LogP) is 2.96. The summed E-state index contributed by atoms with van der Waals surface area (Å²) in [6.45, 7) is 3.86. The Morgan fingerprint density at radius 2 is 2.15 bits per heavy atom. The number of carbonyl (C=O) groups is 1. The number of morpholine rings is 1. The fourth-order valence-corrected chi connectivity index (χ4v) is 4.16. The van der Waals surface area contributed by atoms with Gasteiger partial charge in [-0.3, -0.25) is 4.79 Å². The molecule has 1 aliphatic rings. The van der Waals surface area contributed by atoms with Crippen LogP contribution in [0.3, 0.4) is 0 Å². The zero-order valence-corrected chi connectivity index (χ0v) is 16.6. The molecule has 0 aliphatic carbocycles. The molecule has 0 unspecified atom stereocenters. The first-order chi connectivity index (χ1) is 12.6. The molecule has 3 heterocycles. The van der Waals surface area contributed by atoms with Crippen LogP contribution in [0.4, 0.5) is 10.8 Å². The van der Waals surface area contributed by atoms with Crippen LogP contribution in [-0.4, -0.2) is 62.9 Å². The highest BCUT2D eigenvalue weighted by molar-refractivity contribution is 7.23. The molecule has 0 N–H and O–H groups in total. The first-order valence-electron chi connectivity index (χ1n) is 8.66. The number of hydrogen-bond acceptors (Lipinski definition) is 8. The van der Waals surface area contributed by atoms with Crippen LogP contribution in [0.5, 0.6) is 0 Å². The Kier molecular flexibility index (Phi) is 6.50. The van der Waals surface area contributed by atoms with Crippen LogP contribution >= 0.6 is 22.9 Å². The number of unbranched alkanes of at least 4 members (excludes halogenated alkanes) is 1. The normalized spacial score (nSPS) is 14.7. The van der Waals surface area contributed by atoms with Crippen molar-refractivity contribution in [1.29, 1.82) is 0 Å². The van der Waals surface area contributed by atoms with E-state index in [1.165, 1.54) is 7.11 Å². The smallest absolute Gasteiger partial charge is 0.305 e. The van der Waals surface area contributed by atoms with Gasteiger partial charge in [-0.15, -0.1) is 11.3 Å². The summed E-state index contributed by atoms with van der Waals surface area (Å²) in [7, 11) is 3.47. The van der Waals surface area contributed by atoms with E-state index in [0.717, 1.165) is 53.5 Å². The summed E-state index contributed by atoms with van der Waals surface area (Å²) >= 11 is 7.82. The van der Waals surface area contributed by atoms with Crippen LogP contribution in [0.15, 0.2) is 6.07 Å². The van der Waals surface area contributed by atoms with Gasteiger partial charge in [0.25, 0.3) is 0 Å². The number of halogens is 1. The largest absolute Gasteiger partial charge is 0.469 e. The Balaban J connectivity index is 1.72. The highest BCUT2D eigenvalue weighted by atomic mass is 35.5. The van der Waals surface area contributed by atoms with E-state index in [1.54, 1.807) is 11.3 Å². The lowest BCUT2D eigenvalue weighted by atomic mass is 10.2. The molecular weight excluding hydrogens is 376 g/mol. The molecule has 9 heteroatoms. The number of esters is 1. The van der Waals surface area contributed by atoms with Crippen molar-refractivity contribution in [3.8, 4) is 0 Å². The van der Waals surface area contributed by atoms with Crippen LogP contribution in [0.1, 0.15) is 19.3 Å². The van der Waals surface area contributed by atoms with Gasteiger partial charge in [-0.05, 0) is 30.5 Å². The SMILES string of the molecule is COC(=O)CCCCN(C)c1cc2nc(Cl)nc(N3CCOCC3)c2s1. The number of aromatic nitrogens is 2. The van der Waals surface area contributed by atoms with E-state index in [4.69, 9.17) is 16.3 Å². The van der Waals surface area contributed by atoms with Gasteiger partial charge in [0.2, 0.25) is 5.28 Å². The molecule has 142 valence electrons. The quantitative estimate of drug-likeness (QED) is 0.403. The van der Waals surface area contributed by atoms with Crippen molar-refractivity contribution < 1.29 is 14.3 Å². The number of fused-ring (bicyclic) bond motifs is 1. The molecule has 26 heavy (non-hydrogen) atoms.